The number of nitrogens with zero attached hydrogens (tertiary/aromatic N) is 1. The van der Waals surface area contributed by atoms with Gasteiger partial charge in [0.2, 0.25) is 10.0 Å². The summed E-state index contributed by atoms with van der Waals surface area (Å²) in [6.45, 7) is 4.44. The van der Waals surface area contributed by atoms with Crippen molar-refractivity contribution in [2.24, 2.45) is 0 Å². The van der Waals surface area contributed by atoms with Gasteiger partial charge in [0.25, 0.3) is 0 Å². The molecule has 0 bridgehead atoms. The summed E-state index contributed by atoms with van der Waals surface area (Å²) in [5.41, 5.74) is 0. The molecule has 20 heavy (non-hydrogen) atoms. The Balaban J connectivity index is 1.93. The molecule has 1 aromatic rings. The molecule has 2 N–H and O–H groups in total. The topological polar surface area (TPSA) is 61.4 Å². The smallest absolute Gasteiger partial charge is 0.243 e. The summed E-state index contributed by atoms with van der Waals surface area (Å²) in [6.07, 6.45) is 0. The summed E-state index contributed by atoms with van der Waals surface area (Å²) < 4.78 is 40.0. The van der Waals surface area contributed by atoms with Crippen molar-refractivity contribution in [1.29, 1.82) is 0 Å². The van der Waals surface area contributed by atoms with Gasteiger partial charge in [-0.25, -0.2) is 17.5 Å². The van der Waals surface area contributed by atoms with Crippen LogP contribution in [0.3, 0.4) is 0 Å². The molecule has 1 aliphatic rings. The molecule has 8 heteroatoms. The van der Waals surface area contributed by atoms with Crippen LogP contribution >= 0.6 is 11.6 Å². The summed E-state index contributed by atoms with van der Waals surface area (Å²) in [7, 11) is -3.83. The summed E-state index contributed by atoms with van der Waals surface area (Å²) in [6, 6.07) is 3.52. The predicted molar refractivity (Wildman–Crippen MR) is 75.9 cm³/mol. The lowest BCUT2D eigenvalue weighted by atomic mass is 10.3. The fraction of sp³-hybridized carbons (Fsp3) is 0.500. The van der Waals surface area contributed by atoms with E-state index in [0.717, 1.165) is 32.2 Å². The Labute approximate surface area is 123 Å². The molecule has 2 rings (SSSR count). The number of piperazine rings is 1. The van der Waals surface area contributed by atoms with E-state index in [1.807, 2.05) is 0 Å². The lowest BCUT2D eigenvalue weighted by Gasteiger charge is -2.27. The van der Waals surface area contributed by atoms with Gasteiger partial charge in [-0.3, -0.25) is 4.90 Å². The Morgan fingerprint density at radius 3 is 2.70 bits per heavy atom. The minimum absolute atomic E-state index is 0.169. The Kier molecular flexibility index (Phi) is 5.34. The van der Waals surface area contributed by atoms with Gasteiger partial charge in [0.1, 0.15) is 10.7 Å². The Hall–Kier alpha value is -0.730. The van der Waals surface area contributed by atoms with E-state index in [9.17, 15) is 12.8 Å². The number of halogens is 2. The fourth-order valence-corrected chi connectivity index (χ4v) is 3.28. The largest absolute Gasteiger partial charge is 0.314 e. The highest BCUT2D eigenvalue weighted by atomic mass is 35.5. The van der Waals surface area contributed by atoms with Gasteiger partial charge in [-0.05, 0) is 18.2 Å². The van der Waals surface area contributed by atoms with Crippen LogP contribution in [0.1, 0.15) is 0 Å². The van der Waals surface area contributed by atoms with E-state index in [1.165, 1.54) is 12.1 Å². The summed E-state index contributed by atoms with van der Waals surface area (Å²) in [5, 5.41) is 3.39. The highest BCUT2D eigenvalue weighted by Gasteiger charge is 2.19. The Morgan fingerprint density at radius 1 is 1.35 bits per heavy atom. The van der Waals surface area contributed by atoms with Crippen molar-refractivity contribution >= 4 is 21.6 Å². The van der Waals surface area contributed by atoms with Crippen LogP contribution in [0.15, 0.2) is 23.1 Å². The molecule has 0 saturated carbocycles. The van der Waals surface area contributed by atoms with Crippen molar-refractivity contribution < 1.29 is 12.8 Å². The molecule has 1 fully saturated rings. The molecule has 0 atom stereocenters. The molecule has 1 aliphatic heterocycles. The van der Waals surface area contributed by atoms with Gasteiger partial charge in [-0.1, -0.05) is 11.6 Å². The van der Waals surface area contributed by atoms with Crippen LogP contribution in [-0.4, -0.2) is 52.6 Å². The predicted octanol–water partition coefficient (Wildman–Crippen LogP) is 0.663. The van der Waals surface area contributed by atoms with Crippen LogP contribution in [0.2, 0.25) is 5.02 Å². The van der Waals surface area contributed by atoms with Crippen molar-refractivity contribution in [3.8, 4) is 0 Å². The third-order valence-electron chi connectivity index (χ3n) is 3.11. The number of benzene rings is 1. The molecular formula is C12H17ClFN3O2S. The highest BCUT2D eigenvalue weighted by Crippen LogP contribution is 2.18. The third-order valence-corrected chi connectivity index (χ3v) is 4.84. The zero-order valence-electron chi connectivity index (χ0n) is 10.9. The number of hydrogen-bond acceptors (Lipinski definition) is 4. The molecule has 0 spiro atoms. The second kappa shape index (κ2) is 6.82. The van der Waals surface area contributed by atoms with E-state index in [4.69, 9.17) is 11.6 Å². The molecular weight excluding hydrogens is 305 g/mol. The molecule has 0 radical (unpaired) electrons. The zero-order chi connectivity index (χ0) is 14.6. The van der Waals surface area contributed by atoms with E-state index in [2.05, 4.69) is 14.9 Å². The highest BCUT2D eigenvalue weighted by molar-refractivity contribution is 7.89. The maximum absolute atomic E-state index is 13.6. The first-order valence-corrected chi connectivity index (χ1v) is 8.23. The summed E-state index contributed by atoms with van der Waals surface area (Å²) >= 11 is 5.61. The molecule has 5 nitrogen and oxygen atoms in total. The van der Waals surface area contributed by atoms with Crippen LogP contribution in [0.5, 0.6) is 0 Å². The first-order valence-electron chi connectivity index (χ1n) is 6.37. The molecule has 0 unspecified atom stereocenters. The molecule has 0 amide bonds. The molecule has 1 aromatic carbocycles. The fourth-order valence-electron chi connectivity index (χ4n) is 2.04. The van der Waals surface area contributed by atoms with Crippen molar-refractivity contribution in [3.63, 3.8) is 0 Å². The maximum Gasteiger partial charge on any atom is 0.243 e. The van der Waals surface area contributed by atoms with Crippen LogP contribution in [0.25, 0.3) is 0 Å². The van der Waals surface area contributed by atoms with Crippen molar-refractivity contribution in [1.82, 2.24) is 14.9 Å². The quantitative estimate of drug-likeness (QED) is 0.836. The van der Waals surface area contributed by atoms with E-state index in [0.29, 0.717) is 6.54 Å². The Morgan fingerprint density at radius 2 is 2.05 bits per heavy atom. The van der Waals surface area contributed by atoms with Crippen LogP contribution in [0, 0.1) is 5.82 Å². The average Bonchev–Trinajstić information content (AvgIpc) is 2.39. The standard InChI is InChI=1S/C12H17ClFN3O2S/c13-10-1-2-12(11(14)9-10)20(18,19)16-5-8-17-6-3-15-4-7-17/h1-2,9,15-16H,3-8H2. The number of sulfonamides is 1. The van der Waals surface area contributed by atoms with Crippen LogP contribution in [-0.2, 0) is 10.0 Å². The number of rotatable bonds is 5. The van der Waals surface area contributed by atoms with Crippen LogP contribution in [0.4, 0.5) is 4.39 Å². The van der Waals surface area contributed by atoms with E-state index < -0.39 is 15.8 Å². The summed E-state index contributed by atoms with van der Waals surface area (Å²) in [4.78, 5) is 1.78. The molecule has 112 valence electrons. The van der Waals surface area contributed by atoms with Crippen molar-refractivity contribution in [2.75, 3.05) is 39.3 Å². The van der Waals surface area contributed by atoms with Gasteiger partial charge in [0, 0.05) is 44.3 Å². The van der Waals surface area contributed by atoms with Crippen molar-refractivity contribution in [2.45, 2.75) is 4.90 Å². The first kappa shape index (κ1) is 15.7. The SMILES string of the molecule is O=S(=O)(NCCN1CCNCC1)c1ccc(Cl)cc1F. The Bertz CT molecular complexity index is 562. The third kappa shape index (κ3) is 4.13. The van der Waals surface area contributed by atoms with Crippen molar-refractivity contribution in [3.05, 3.63) is 29.0 Å². The monoisotopic (exact) mass is 321 g/mol. The second-order valence-corrected chi connectivity index (χ2v) is 6.74. The van der Waals surface area contributed by atoms with Gasteiger partial charge < -0.3 is 5.32 Å². The lowest BCUT2D eigenvalue weighted by molar-refractivity contribution is 0.245. The first-order chi connectivity index (χ1) is 9.49. The molecule has 1 saturated heterocycles. The lowest BCUT2D eigenvalue weighted by Crippen LogP contribution is -2.46. The van der Waals surface area contributed by atoms with Crippen LogP contribution < -0.4 is 10.0 Å². The summed E-state index contributed by atoms with van der Waals surface area (Å²) in [5.74, 6) is -0.841. The normalized spacial score (nSPS) is 17.3. The number of nitrogens with one attached hydrogen (secondary N) is 2. The minimum Gasteiger partial charge on any atom is -0.314 e. The average molecular weight is 322 g/mol. The zero-order valence-corrected chi connectivity index (χ0v) is 12.5. The van der Waals surface area contributed by atoms with Gasteiger partial charge in [0.05, 0.1) is 0 Å². The maximum atomic E-state index is 13.6. The minimum atomic E-state index is -3.83. The van der Waals surface area contributed by atoms with E-state index in [1.54, 1.807) is 0 Å². The molecule has 0 aliphatic carbocycles. The van der Waals surface area contributed by atoms with E-state index in [-0.39, 0.29) is 16.5 Å². The van der Waals surface area contributed by atoms with Gasteiger partial charge in [0.15, 0.2) is 0 Å². The molecule has 0 aromatic heterocycles. The molecule has 1 heterocycles. The van der Waals surface area contributed by atoms with Gasteiger partial charge >= 0.3 is 0 Å². The van der Waals surface area contributed by atoms with Gasteiger partial charge in [-0.2, -0.15) is 0 Å². The van der Waals surface area contributed by atoms with Gasteiger partial charge in [-0.15, -0.1) is 0 Å². The number of hydrogen-bond donors (Lipinski definition) is 2. The second-order valence-electron chi connectivity index (χ2n) is 4.56. The van der Waals surface area contributed by atoms with E-state index >= 15 is 0 Å².